The summed E-state index contributed by atoms with van der Waals surface area (Å²) in [7, 11) is 0. The molecule has 1 unspecified atom stereocenters. The van der Waals surface area contributed by atoms with Crippen LogP contribution >= 0.6 is 23.5 Å². The summed E-state index contributed by atoms with van der Waals surface area (Å²) in [5.41, 5.74) is 0. The average molecular weight is 244 g/mol. The van der Waals surface area contributed by atoms with E-state index < -0.39 is 0 Å². The highest BCUT2D eigenvalue weighted by Gasteiger charge is 2.18. The number of nitriles is 2. The Balaban J connectivity index is 0. The fourth-order valence-electron chi connectivity index (χ4n) is 0.315. The number of rotatable bonds is 3. The van der Waals surface area contributed by atoms with E-state index in [1.807, 2.05) is 40.2 Å². The van der Waals surface area contributed by atoms with Gasteiger partial charge >= 0.3 is 0 Å². The zero-order valence-corrected chi connectivity index (χ0v) is 12.1. The number of nitrogens with zero attached hydrogens (tertiary/aromatic N) is 2. The third-order valence-corrected chi connectivity index (χ3v) is 4.53. The lowest BCUT2D eigenvalue weighted by molar-refractivity contribution is 0.771. The molecular weight excluding hydrogens is 224 g/mol. The highest BCUT2D eigenvalue weighted by atomic mass is 32.2. The Bertz CT molecular complexity index is 244. The van der Waals surface area contributed by atoms with Gasteiger partial charge in [-0.25, -0.2) is 0 Å². The van der Waals surface area contributed by atoms with Crippen molar-refractivity contribution in [2.75, 3.05) is 12.5 Å². The van der Waals surface area contributed by atoms with Crippen molar-refractivity contribution < 1.29 is 0 Å². The van der Waals surface area contributed by atoms with Gasteiger partial charge in [0.15, 0.2) is 0 Å². The Morgan fingerprint density at radius 1 is 1.00 bits per heavy atom. The van der Waals surface area contributed by atoms with E-state index in [2.05, 4.69) is 12.1 Å². The fraction of sp³-hybridized carbons (Fsp3) is 0.818. The fourth-order valence-corrected chi connectivity index (χ4v) is 0.786. The first-order valence-corrected chi connectivity index (χ1v) is 7.18. The molecule has 0 aliphatic rings. The molecule has 0 fully saturated rings. The van der Waals surface area contributed by atoms with Crippen LogP contribution in [0.5, 0.6) is 0 Å². The SMILES string of the molecule is CCC(C)(C#N)SC.CSC(C)(C)C#N. The average Bonchev–Trinajstić information content (AvgIpc) is 2.29. The Morgan fingerprint density at radius 3 is 1.47 bits per heavy atom. The Kier molecular flexibility index (Phi) is 9.01. The van der Waals surface area contributed by atoms with E-state index in [1.165, 1.54) is 0 Å². The van der Waals surface area contributed by atoms with Gasteiger partial charge in [-0.2, -0.15) is 10.5 Å². The zero-order valence-electron chi connectivity index (χ0n) is 10.4. The topological polar surface area (TPSA) is 47.6 Å². The van der Waals surface area contributed by atoms with Crippen LogP contribution < -0.4 is 0 Å². The summed E-state index contributed by atoms with van der Waals surface area (Å²) in [5, 5.41) is 16.8. The minimum atomic E-state index is -0.194. The molecule has 1 atom stereocenters. The van der Waals surface area contributed by atoms with Crippen LogP contribution in [0.25, 0.3) is 0 Å². The van der Waals surface area contributed by atoms with Crippen molar-refractivity contribution in [2.45, 2.75) is 43.6 Å². The molecule has 2 nitrogen and oxygen atoms in total. The Labute approximate surface area is 102 Å². The third-order valence-electron chi connectivity index (χ3n) is 2.14. The summed E-state index contributed by atoms with van der Waals surface area (Å²) >= 11 is 3.18. The molecule has 0 aromatic carbocycles. The van der Waals surface area contributed by atoms with Crippen molar-refractivity contribution in [1.82, 2.24) is 0 Å². The van der Waals surface area contributed by atoms with Gasteiger partial charge in [0.25, 0.3) is 0 Å². The molecule has 0 amide bonds. The molecule has 0 aromatic rings. The smallest absolute Gasteiger partial charge is 0.0990 e. The molecule has 0 rings (SSSR count). The highest BCUT2D eigenvalue weighted by Crippen LogP contribution is 2.23. The third kappa shape index (κ3) is 8.66. The molecule has 0 saturated heterocycles. The number of hydrogen-bond acceptors (Lipinski definition) is 4. The van der Waals surface area contributed by atoms with E-state index >= 15 is 0 Å². The molecule has 0 aliphatic carbocycles. The minimum Gasteiger partial charge on any atom is -0.197 e. The molecule has 0 radical (unpaired) electrons. The van der Waals surface area contributed by atoms with Crippen LogP contribution in [0.3, 0.4) is 0 Å². The summed E-state index contributed by atoms with van der Waals surface area (Å²) in [4.78, 5) is 0. The maximum absolute atomic E-state index is 8.51. The van der Waals surface area contributed by atoms with E-state index in [0.717, 1.165) is 6.42 Å². The van der Waals surface area contributed by atoms with Crippen LogP contribution in [0.15, 0.2) is 0 Å². The molecule has 15 heavy (non-hydrogen) atoms. The van der Waals surface area contributed by atoms with Gasteiger partial charge in [0.05, 0.1) is 21.6 Å². The predicted octanol–water partition coefficient (Wildman–Crippen LogP) is 3.69. The molecule has 0 aliphatic heterocycles. The van der Waals surface area contributed by atoms with Gasteiger partial charge in [-0.1, -0.05) is 6.92 Å². The molecule has 86 valence electrons. The quantitative estimate of drug-likeness (QED) is 0.759. The number of thioether (sulfide) groups is 2. The Morgan fingerprint density at radius 2 is 1.47 bits per heavy atom. The van der Waals surface area contributed by atoms with Crippen LogP contribution in [0.4, 0.5) is 0 Å². The Hall–Kier alpha value is -0.320. The van der Waals surface area contributed by atoms with Gasteiger partial charge in [-0.3, -0.25) is 0 Å². The standard InChI is InChI=1S/C6H11NS.C5H9NS/c1-4-6(2,5-7)8-3;1-5(2,4-6)7-3/h4H2,1-3H3;1-3H3. The van der Waals surface area contributed by atoms with Crippen LogP contribution in [-0.2, 0) is 0 Å². The maximum atomic E-state index is 8.51. The van der Waals surface area contributed by atoms with E-state index in [1.54, 1.807) is 23.5 Å². The van der Waals surface area contributed by atoms with E-state index in [9.17, 15) is 0 Å². The largest absolute Gasteiger partial charge is 0.197 e. The van der Waals surface area contributed by atoms with Crippen LogP contribution in [0.1, 0.15) is 34.1 Å². The van der Waals surface area contributed by atoms with Crippen molar-refractivity contribution >= 4 is 23.5 Å². The second-order valence-electron chi connectivity index (χ2n) is 3.73. The first kappa shape index (κ1) is 17.1. The molecule has 0 bridgehead atoms. The van der Waals surface area contributed by atoms with E-state index in [-0.39, 0.29) is 9.49 Å². The lowest BCUT2D eigenvalue weighted by atomic mass is 10.1. The predicted molar refractivity (Wildman–Crippen MR) is 71.0 cm³/mol. The summed E-state index contributed by atoms with van der Waals surface area (Å²) < 4.78 is -0.347. The maximum Gasteiger partial charge on any atom is 0.0990 e. The second kappa shape index (κ2) is 7.91. The van der Waals surface area contributed by atoms with Gasteiger partial charge in [0.1, 0.15) is 0 Å². The van der Waals surface area contributed by atoms with Gasteiger partial charge in [0, 0.05) is 0 Å². The van der Waals surface area contributed by atoms with Gasteiger partial charge < -0.3 is 0 Å². The van der Waals surface area contributed by atoms with Crippen molar-refractivity contribution in [2.24, 2.45) is 0 Å². The lowest BCUT2D eigenvalue weighted by Gasteiger charge is -2.14. The van der Waals surface area contributed by atoms with Gasteiger partial charge in [-0.15, -0.1) is 23.5 Å². The first-order chi connectivity index (χ1) is 6.80. The monoisotopic (exact) mass is 244 g/mol. The van der Waals surface area contributed by atoms with Crippen LogP contribution in [0, 0.1) is 22.7 Å². The molecule has 0 heterocycles. The molecule has 4 heteroatoms. The van der Waals surface area contributed by atoms with Crippen molar-refractivity contribution in [1.29, 1.82) is 10.5 Å². The normalized spacial score (nSPS) is 13.9. The van der Waals surface area contributed by atoms with Crippen molar-refractivity contribution in [3.05, 3.63) is 0 Å². The van der Waals surface area contributed by atoms with Crippen LogP contribution in [0.2, 0.25) is 0 Å². The van der Waals surface area contributed by atoms with Gasteiger partial charge in [-0.05, 0) is 39.7 Å². The summed E-state index contributed by atoms with van der Waals surface area (Å²) in [5.74, 6) is 0. The summed E-state index contributed by atoms with van der Waals surface area (Å²) in [6, 6.07) is 4.39. The molecule has 0 N–H and O–H groups in total. The number of hydrogen-bond donors (Lipinski definition) is 0. The van der Waals surface area contributed by atoms with E-state index in [0.29, 0.717) is 0 Å². The van der Waals surface area contributed by atoms with E-state index in [4.69, 9.17) is 10.5 Å². The molecule has 0 aromatic heterocycles. The zero-order chi connectivity index (χ0) is 12.5. The summed E-state index contributed by atoms with van der Waals surface area (Å²) in [6.07, 6.45) is 4.82. The second-order valence-corrected chi connectivity index (χ2v) is 6.46. The molecule has 0 saturated carbocycles. The molecular formula is C11H20N2S2. The van der Waals surface area contributed by atoms with Crippen LogP contribution in [-0.4, -0.2) is 22.0 Å². The minimum absolute atomic E-state index is 0.153. The van der Waals surface area contributed by atoms with Crippen molar-refractivity contribution in [3.8, 4) is 12.1 Å². The highest BCUT2D eigenvalue weighted by molar-refractivity contribution is 8.00. The van der Waals surface area contributed by atoms with Crippen molar-refractivity contribution in [3.63, 3.8) is 0 Å². The first-order valence-electron chi connectivity index (χ1n) is 4.73. The summed E-state index contributed by atoms with van der Waals surface area (Å²) in [6.45, 7) is 7.78. The van der Waals surface area contributed by atoms with Gasteiger partial charge in [0.2, 0.25) is 0 Å². The molecule has 0 spiro atoms. The lowest BCUT2D eigenvalue weighted by Crippen LogP contribution is -2.13.